The molecule has 1 N–H and O–H groups in total. The number of ether oxygens (including phenoxy) is 1. The fraction of sp³-hybridized carbons (Fsp3) is 1.00. The maximum absolute atomic E-state index is 10.9. The second kappa shape index (κ2) is 3.65. The second-order valence-electron chi connectivity index (χ2n) is 2.29. The molecule has 1 fully saturated rings. The highest BCUT2D eigenvalue weighted by Crippen LogP contribution is 2.44. The molecule has 0 aromatic rings. The average Bonchev–Trinajstić information content (AvgIpc) is 1.82. The predicted molar refractivity (Wildman–Crippen MR) is 37.1 cm³/mol. The lowest BCUT2D eigenvalue weighted by molar-refractivity contribution is -0.00683. The molecule has 1 heterocycles. The monoisotopic (exact) mass is 182 g/mol. The van der Waals surface area contributed by atoms with Crippen molar-refractivity contribution < 1.29 is 23.2 Å². The highest BCUT2D eigenvalue weighted by Gasteiger charge is 2.25. The maximum Gasteiger partial charge on any atom is 0.472 e. The molecule has 11 heavy (non-hydrogen) atoms. The first kappa shape index (κ1) is 9.16. The van der Waals surface area contributed by atoms with Crippen molar-refractivity contribution in [3.8, 4) is 0 Å². The van der Waals surface area contributed by atoms with Crippen LogP contribution in [-0.2, 0) is 18.3 Å². The van der Waals surface area contributed by atoms with Crippen molar-refractivity contribution >= 4 is 7.82 Å². The third kappa shape index (κ3) is 3.31. The fourth-order valence-corrected chi connectivity index (χ4v) is 1.63. The molecular formula is C5H11O5P. The summed E-state index contributed by atoms with van der Waals surface area (Å²) >= 11 is 0. The topological polar surface area (TPSA) is 65.0 Å². The Morgan fingerprint density at radius 3 is 3.00 bits per heavy atom. The molecule has 0 amide bonds. The summed E-state index contributed by atoms with van der Waals surface area (Å²) in [4.78, 5) is 8.91. The first-order valence-electron chi connectivity index (χ1n) is 3.34. The SMILES string of the molecule is CC1COCCOP(=O)(O)O1. The van der Waals surface area contributed by atoms with Crippen LogP contribution in [0.2, 0.25) is 0 Å². The van der Waals surface area contributed by atoms with E-state index in [2.05, 4.69) is 9.05 Å². The second-order valence-corrected chi connectivity index (χ2v) is 3.70. The van der Waals surface area contributed by atoms with Crippen LogP contribution in [0.3, 0.4) is 0 Å². The Labute approximate surface area is 64.9 Å². The molecule has 1 rings (SSSR count). The molecule has 0 aromatic heterocycles. The van der Waals surface area contributed by atoms with Gasteiger partial charge in [-0.25, -0.2) is 4.57 Å². The number of phosphoric acid groups is 1. The maximum atomic E-state index is 10.9. The lowest BCUT2D eigenvalue weighted by atomic mass is 10.4. The van der Waals surface area contributed by atoms with Crippen LogP contribution in [0, 0.1) is 0 Å². The van der Waals surface area contributed by atoms with Gasteiger partial charge in [0.05, 0.1) is 25.9 Å². The van der Waals surface area contributed by atoms with Crippen LogP contribution in [0.25, 0.3) is 0 Å². The predicted octanol–water partition coefficient (Wildman–Crippen LogP) is 0.539. The van der Waals surface area contributed by atoms with Crippen molar-refractivity contribution in [2.75, 3.05) is 19.8 Å². The van der Waals surface area contributed by atoms with Crippen molar-refractivity contribution in [2.45, 2.75) is 13.0 Å². The molecule has 0 saturated carbocycles. The summed E-state index contributed by atoms with van der Waals surface area (Å²) in [5, 5.41) is 0. The lowest BCUT2D eigenvalue weighted by Gasteiger charge is -2.20. The molecule has 0 aromatic carbocycles. The van der Waals surface area contributed by atoms with Gasteiger partial charge in [-0.2, -0.15) is 0 Å². The van der Waals surface area contributed by atoms with E-state index in [0.717, 1.165) is 0 Å². The molecule has 0 radical (unpaired) electrons. The summed E-state index contributed by atoms with van der Waals surface area (Å²) in [6, 6.07) is 0. The standard InChI is InChI=1S/C5H11O5P/c1-5-4-8-2-3-9-11(6,7)10-5/h5H,2-4H2,1H3,(H,6,7). The normalized spacial score (nSPS) is 41.1. The van der Waals surface area contributed by atoms with Crippen LogP contribution in [0.4, 0.5) is 0 Å². The molecular weight excluding hydrogens is 171 g/mol. The van der Waals surface area contributed by atoms with Gasteiger partial charge < -0.3 is 9.63 Å². The van der Waals surface area contributed by atoms with Crippen LogP contribution in [-0.4, -0.2) is 30.8 Å². The van der Waals surface area contributed by atoms with E-state index in [9.17, 15) is 4.57 Å². The summed E-state index contributed by atoms with van der Waals surface area (Å²) in [5.74, 6) is 0. The third-order valence-electron chi connectivity index (χ3n) is 1.15. The molecule has 5 nitrogen and oxygen atoms in total. The highest BCUT2D eigenvalue weighted by atomic mass is 31.2. The quantitative estimate of drug-likeness (QED) is 0.554. The fourth-order valence-electron chi connectivity index (χ4n) is 0.749. The minimum atomic E-state index is -3.79. The molecule has 66 valence electrons. The van der Waals surface area contributed by atoms with E-state index in [4.69, 9.17) is 9.63 Å². The molecule has 2 unspecified atom stereocenters. The molecule has 6 heteroatoms. The van der Waals surface area contributed by atoms with Gasteiger partial charge in [0, 0.05) is 0 Å². The molecule has 2 atom stereocenters. The Kier molecular flexibility index (Phi) is 3.04. The number of hydrogen-bond acceptors (Lipinski definition) is 4. The van der Waals surface area contributed by atoms with Gasteiger partial charge in [0.2, 0.25) is 0 Å². The molecule has 1 aliphatic heterocycles. The zero-order valence-electron chi connectivity index (χ0n) is 6.23. The number of hydrogen-bond donors (Lipinski definition) is 1. The Bertz CT molecular complexity index is 170. The van der Waals surface area contributed by atoms with Crippen molar-refractivity contribution in [3.63, 3.8) is 0 Å². The van der Waals surface area contributed by atoms with Crippen LogP contribution < -0.4 is 0 Å². The Morgan fingerprint density at radius 1 is 1.55 bits per heavy atom. The van der Waals surface area contributed by atoms with Crippen molar-refractivity contribution in [3.05, 3.63) is 0 Å². The van der Waals surface area contributed by atoms with Crippen molar-refractivity contribution in [1.29, 1.82) is 0 Å². The summed E-state index contributed by atoms with van der Waals surface area (Å²) < 4.78 is 25.0. The van der Waals surface area contributed by atoms with Gasteiger partial charge in [-0.05, 0) is 6.92 Å². The average molecular weight is 182 g/mol. The third-order valence-corrected chi connectivity index (χ3v) is 2.28. The van der Waals surface area contributed by atoms with E-state index >= 15 is 0 Å². The minimum absolute atomic E-state index is 0.0977. The smallest absolute Gasteiger partial charge is 0.376 e. The molecule has 0 bridgehead atoms. The lowest BCUT2D eigenvalue weighted by Crippen LogP contribution is -2.20. The highest BCUT2D eigenvalue weighted by molar-refractivity contribution is 7.47. The van der Waals surface area contributed by atoms with Crippen LogP contribution in [0.15, 0.2) is 0 Å². The van der Waals surface area contributed by atoms with Gasteiger partial charge in [0.15, 0.2) is 0 Å². The molecule has 1 saturated heterocycles. The van der Waals surface area contributed by atoms with E-state index in [1.165, 1.54) is 0 Å². The molecule has 1 aliphatic rings. The summed E-state index contributed by atoms with van der Waals surface area (Å²) in [6.45, 7) is 2.41. The first-order chi connectivity index (χ1) is 5.10. The Hall–Kier alpha value is 0.0700. The number of rotatable bonds is 0. The zero-order valence-corrected chi connectivity index (χ0v) is 7.12. The van der Waals surface area contributed by atoms with Crippen LogP contribution >= 0.6 is 7.82 Å². The Balaban J connectivity index is 2.49. The summed E-state index contributed by atoms with van der Waals surface area (Å²) in [7, 11) is -3.79. The summed E-state index contributed by atoms with van der Waals surface area (Å²) in [5.41, 5.74) is 0. The van der Waals surface area contributed by atoms with Gasteiger partial charge in [-0.1, -0.05) is 0 Å². The Morgan fingerprint density at radius 2 is 2.27 bits per heavy atom. The van der Waals surface area contributed by atoms with Crippen molar-refractivity contribution in [1.82, 2.24) is 0 Å². The molecule has 0 aliphatic carbocycles. The van der Waals surface area contributed by atoms with E-state index in [1.54, 1.807) is 6.92 Å². The van der Waals surface area contributed by atoms with E-state index < -0.39 is 13.9 Å². The van der Waals surface area contributed by atoms with Crippen LogP contribution in [0.5, 0.6) is 0 Å². The van der Waals surface area contributed by atoms with Gasteiger partial charge in [0.25, 0.3) is 0 Å². The van der Waals surface area contributed by atoms with E-state index in [1.807, 2.05) is 0 Å². The first-order valence-corrected chi connectivity index (χ1v) is 4.83. The van der Waals surface area contributed by atoms with Gasteiger partial charge >= 0.3 is 7.82 Å². The zero-order chi connectivity index (χ0) is 8.32. The largest absolute Gasteiger partial charge is 0.472 e. The van der Waals surface area contributed by atoms with Crippen LogP contribution in [0.1, 0.15) is 6.92 Å². The van der Waals surface area contributed by atoms with E-state index in [0.29, 0.717) is 13.2 Å². The van der Waals surface area contributed by atoms with Gasteiger partial charge in [-0.15, -0.1) is 0 Å². The van der Waals surface area contributed by atoms with Gasteiger partial charge in [0.1, 0.15) is 0 Å². The van der Waals surface area contributed by atoms with E-state index in [-0.39, 0.29) is 6.61 Å². The minimum Gasteiger partial charge on any atom is -0.376 e. The number of phosphoric ester groups is 1. The molecule has 0 spiro atoms. The summed E-state index contributed by atoms with van der Waals surface area (Å²) in [6.07, 6.45) is -0.397. The van der Waals surface area contributed by atoms with Gasteiger partial charge in [-0.3, -0.25) is 9.05 Å². The van der Waals surface area contributed by atoms with Crippen molar-refractivity contribution in [2.24, 2.45) is 0 Å².